The molecule has 1 aliphatic heterocycles. The number of thioether (sulfide) groups is 1. The first-order chi connectivity index (χ1) is 7.67. The van der Waals surface area contributed by atoms with Crippen LogP contribution < -0.4 is 10.6 Å². The number of methoxy groups -OCH3 is 1. The fourth-order valence-electron chi connectivity index (χ4n) is 1.38. The minimum absolute atomic E-state index is 0.0138. The molecule has 1 aliphatic rings. The maximum absolute atomic E-state index is 11.7. The number of aliphatic hydroxyl groups excluding tert-OH is 1. The lowest BCUT2D eigenvalue weighted by molar-refractivity contribution is -0.123. The van der Waals surface area contributed by atoms with Crippen molar-refractivity contribution in [2.75, 3.05) is 26.1 Å². The zero-order chi connectivity index (χ0) is 12.0. The molecule has 1 heterocycles. The van der Waals surface area contributed by atoms with Crippen LogP contribution in [0.5, 0.6) is 0 Å². The van der Waals surface area contributed by atoms with Crippen molar-refractivity contribution in [1.82, 2.24) is 10.6 Å². The highest BCUT2D eigenvalue weighted by Gasteiger charge is 2.29. The van der Waals surface area contributed by atoms with E-state index >= 15 is 0 Å². The van der Waals surface area contributed by atoms with E-state index in [0.717, 1.165) is 11.8 Å². The van der Waals surface area contributed by atoms with Crippen molar-refractivity contribution in [3.8, 4) is 0 Å². The van der Waals surface area contributed by atoms with Crippen LogP contribution in [-0.4, -0.2) is 54.4 Å². The summed E-state index contributed by atoms with van der Waals surface area (Å²) in [7, 11) is 1.53. The maximum atomic E-state index is 11.7. The second kappa shape index (κ2) is 6.72. The summed E-state index contributed by atoms with van der Waals surface area (Å²) in [6, 6.07) is -0.694. The van der Waals surface area contributed by atoms with Gasteiger partial charge in [0.2, 0.25) is 5.91 Å². The average Bonchev–Trinajstić information content (AvgIpc) is 2.65. The van der Waals surface area contributed by atoms with Gasteiger partial charge in [-0.25, -0.2) is 0 Å². The normalized spacial score (nSPS) is 21.6. The largest absolute Gasteiger partial charge is 0.396 e. The lowest BCUT2D eigenvalue weighted by Gasteiger charge is -2.19. The smallest absolute Gasteiger partial charge is 0.279 e. The second-order valence-corrected chi connectivity index (χ2v) is 4.46. The van der Waals surface area contributed by atoms with Gasteiger partial charge in [0, 0.05) is 19.5 Å². The highest BCUT2D eigenvalue weighted by molar-refractivity contribution is 8.14. The van der Waals surface area contributed by atoms with E-state index < -0.39 is 6.04 Å². The molecule has 0 spiro atoms. The Morgan fingerprint density at radius 1 is 1.81 bits per heavy atom. The Balaban J connectivity index is 2.38. The lowest BCUT2D eigenvalue weighted by Crippen LogP contribution is -2.48. The molecule has 1 saturated heterocycles. The maximum Gasteiger partial charge on any atom is 0.279 e. The van der Waals surface area contributed by atoms with Crippen LogP contribution in [0.2, 0.25) is 0 Å². The summed E-state index contributed by atoms with van der Waals surface area (Å²) in [4.78, 5) is 22.6. The van der Waals surface area contributed by atoms with Gasteiger partial charge < -0.3 is 20.5 Å². The van der Waals surface area contributed by atoms with Gasteiger partial charge in [0.15, 0.2) is 0 Å². The molecule has 6 nitrogen and oxygen atoms in total. The van der Waals surface area contributed by atoms with Gasteiger partial charge >= 0.3 is 0 Å². The molecule has 0 aromatic heterocycles. The van der Waals surface area contributed by atoms with Crippen molar-refractivity contribution in [1.29, 1.82) is 0 Å². The number of carbonyl (C=O) groups excluding carboxylic acids is 2. The van der Waals surface area contributed by atoms with Gasteiger partial charge in [0.1, 0.15) is 6.04 Å². The molecule has 3 N–H and O–H groups in total. The van der Waals surface area contributed by atoms with Gasteiger partial charge in [-0.05, 0) is 6.42 Å². The van der Waals surface area contributed by atoms with E-state index in [1.165, 1.54) is 7.11 Å². The van der Waals surface area contributed by atoms with Gasteiger partial charge in [0.05, 0.1) is 12.6 Å². The van der Waals surface area contributed by atoms with Crippen molar-refractivity contribution in [3.63, 3.8) is 0 Å². The first kappa shape index (κ1) is 13.3. The molecule has 0 saturated carbocycles. The Morgan fingerprint density at radius 2 is 2.56 bits per heavy atom. The molecule has 16 heavy (non-hydrogen) atoms. The fourth-order valence-corrected chi connectivity index (χ4v) is 2.16. The highest BCUT2D eigenvalue weighted by Crippen LogP contribution is 2.13. The van der Waals surface area contributed by atoms with Crippen molar-refractivity contribution in [3.05, 3.63) is 0 Å². The molecule has 0 aromatic carbocycles. The topological polar surface area (TPSA) is 87.7 Å². The SMILES string of the molecule is COCC(CCO)NC(=O)C1CSC(=O)N1. The van der Waals surface area contributed by atoms with Gasteiger partial charge in [-0.15, -0.1) is 0 Å². The first-order valence-corrected chi connectivity index (χ1v) is 5.99. The number of hydrogen-bond acceptors (Lipinski definition) is 5. The number of nitrogens with one attached hydrogen (secondary N) is 2. The summed E-state index contributed by atoms with van der Waals surface area (Å²) in [5.41, 5.74) is 0. The van der Waals surface area contributed by atoms with Gasteiger partial charge in [0.25, 0.3) is 5.24 Å². The zero-order valence-electron chi connectivity index (χ0n) is 9.06. The van der Waals surface area contributed by atoms with Crippen molar-refractivity contribution < 1.29 is 19.4 Å². The van der Waals surface area contributed by atoms with Crippen LogP contribution in [0.15, 0.2) is 0 Å². The van der Waals surface area contributed by atoms with Crippen molar-refractivity contribution in [2.24, 2.45) is 0 Å². The summed E-state index contributed by atoms with van der Waals surface area (Å²) < 4.78 is 4.92. The number of aliphatic hydroxyl groups is 1. The van der Waals surface area contributed by atoms with Crippen LogP contribution in [0, 0.1) is 0 Å². The molecule has 92 valence electrons. The summed E-state index contributed by atoms with van der Waals surface area (Å²) in [5.74, 6) is 0.220. The predicted octanol–water partition coefficient (Wildman–Crippen LogP) is -0.675. The van der Waals surface area contributed by atoms with E-state index in [1.54, 1.807) is 0 Å². The van der Waals surface area contributed by atoms with Gasteiger partial charge in [-0.1, -0.05) is 11.8 Å². The third-order valence-corrected chi connectivity index (χ3v) is 3.06. The molecule has 2 amide bonds. The first-order valence-electron chi connectivity index (χ1n) is 5.00. The lowest BCUT2D eigenvalue weighted by atomic mass is 10.2. The summed E-state index contributed by atoms with van der Waals surface area (Å²) >= 11 is 1.10. The Hall–Kier alpha value is -0.790. The zero-order valence-corrected chi connectivity index (χ0v) is 9.88. The van der Waals surface area contributed by atoms with E-state index in [1.807, 2.05) is 0 Å². The van der Waals surface area contributed by atoms with E-state index in [9.17, 15) is 9.59 Å². The molecule has 2 unspecified atom stereocenters. The van der Waals surface area contributed by atoms with E-state index in [0.29, 0.717) is 18.8 Å². The van der Waals surface area contributed by atoms with E-state index in [-0.39, 0.29) is 23.8 Å². The van der Waals surface area contributed by atoms with Crippen LogP contribution in [0.25, 0.3) is 0 Å². The van der Waals surface area contributed by atoms with Gasteiger partial charge in [-0.3, -0.25) is 9.59 Å². The van der Waals surface area contributed by atoms with Gasteiger partial charge in [-0.2, -0.15) is 0 Å². The van der Waals surface area contributed by atoms with Crippen molar-refractivity contribution in [2.45, 2.75) is 18.5 Å². The Kier molecular flexibility index (Phi) is 5.58. The second-order valence-electron chi connectivity index (χ2n) is 3.47. The van der Waals surface area contributed by atoms with Crippen LogP contribution in [0.3, 0.4) is 0 Å². The molecule has 1 fully saturated rings. The molecule has 0 aromatic rings. The molecule has 0 aliphatic carbocycles. The van der Waals surface area contributed by atoms with Crippen LogP contribution >= 0.6 is 11.8 Å². The third kappa shape index (κ3) is 3.99. The Labute approximate surface area is 98.1 Å². The summed E-state index contributed by atoms with van der Waals surface area (Å²) in [5, 5.41) is 13.9. The highest BCUT2D eigenvalue weighted by atomic mass is 32.2. The molecule has 0 bridgehead atoms. The van der Waals surface area contributed by atoms with E-state index in [4.69, 9.17) is 9.84 Å². The molecule has 1 rings (SSSR count). The average molecular weight is 248 g/mol. The summed E-state index contributed by atoms with van der Waals surface area (Å²) in [6.45, 7) is 0.334. The standard InChI is InChI=1S/C9H16N2O4S/c1-15-4-6(2-3-12)10-8(13)7-5-16-9(14)11-7/h6-7,12H,2-5H2,1H3,(H,10,13)(H,11,14). The molecular formula is C9H16N2O4S. The number of hydrogen-bond donors (Lipinski definition) is 3. The summed E-state index contributed by atoms with van der Waals surface area (Å²) in [6.07, 6.45) is 0.438. The number of ether oxygens (including phenoxy) is 1. The van der Waals surface area contributed by atoms with E-state index in [2.05, 4.69) is 10.6 Å². The molecular weight excluding hydrogens is 232 g/mol. The Bertz CT molecular complexity index is 256. The number of rotatable bonds is 6. The fraction of sp³-hybridized carbons (Fsp3) is 0.778. The predicted molar refractivity (Wildman–Crippen MR) is 60.3 cm³/mol. The van der Waals surface area contributed by atoms with Crippen LogP contribution in [0.4, 0.5) is 4.79 Å². The monoisotopic (exact) mass is 248 g/mol. The Morgan fingerprint density at radius 3 is 3.06 bits per heavy atom. The van der Waals surface area contributed by atoms with Crippen LogP contribution in [-0.2, 0) is 9.53 Å². The number of carbonyl (C=O) groups is 2. The quantitative estimate of drug-likeness (QED) is 0.580. The minimum atomic E-state index is -0.476. The molecule has 0 radical (unpaired) electrons. The third-order valence-electron chi connectivity index (χ3n) is 2.18. The minimum Gasteiger partial charge on any atom is -0.396 e. The van der Waals surface area contributed by atoms with Crippen molar-refractivity contribution >= 4 is 22.9 Å². The molecule has 7 heteroatoms. The van der Waals surface area contributed by atoms with Crippen LogP contribution in [0.1, 0.15) is 6.42 Å². The number of amides is 2. The molecule has 2 atom stereocenters.